The number of rotatable bonds is 4. The Bertz CT molecular complexity index is 731. The van der Waals surface area contributed by atoms with Crippen LogP contribution in [0.5, 0.6) is 0 Å². The van der Waals surface area contributed by atoms with Crippen LogP contribution >= 0.6 is 0 Å². The first-order valence-corrected chi connectivity index (χ1v) is 12.1. The predicted octanol–water partition coefficient (Wildman–Crippen LogP) is 5.08. The van der Waals surface area contributed by atoms with Gasteiger partial charge in [0.2, 0.25) is 5.91 Å². The van der Waals surface area contributed by atoms with Crippen molar-refractivity contribution in [3.05, 3.63) is 35.4 Å². The molecule has 1 aromatic rings. The van der Waals surface area contributed by atoms with Gasteiger partial charge < -0.3 is 15.0 Å². The number of amides is 1. The number of carbonyl (C=O) groups excluding carboxylic acids is 1. The summed E-state index contributed by atoms with van der Waals surface area (Å²) in [4.78, 5) is 15.5. The van der Waals surface area contributed by atoms with Crippen LogP contribution in [0.2, 0.25) is 0 Å². The van der Waals surface area contributed by atoms with E-state index in [1.807, 2.05) is 0 Å². The minimum atomic E-state index is 0. The molecule has 0 unspecified atom stereocenters. The van der Waals surface area contributed by atoms with Crippen molar-refractivity contribution in [3.63, 3.8) is 0 Å². The second-order valence-electron chi connectivity index (χ2n) is 11.0. The van der Waals surface area contributed by atoms with Crippen molar-refractivity contribution in [2.45, 2.75) is 77.2 Å². The maximum atomic E-state index is 12.9. The average Bonchev–Trinajstić information content (AvgIpc) is 2.76. The van der Waals surface area contributed by atoms with Gasteiger partial charge >= 0.3 is 0 Å². The summed E-state index contributed by atoms with van der Waals surface area (Å²) in [6, 6.07) is 9.10. The highest BCUT2D eigenvalue weighted by molar-refractivity contribution is 5.79. The second kappa shape index (κ2) is 9.00. The Morgan fingerprint density at radius 2 is 1.83 bits per heavy atom. The number of ether oxygens (including phenoxy) is 1. The van der Waals surface area contributed by atoms with Crippen LogP contribution in [0.3, 0.4) is 0 Å². The predicted molar refractivity (Wildman–Crippen MR) is 124 cm³/mol. The number of nitrogens with zero attached hydrogens (tertiary/aromatic N) is 1. The van der Waals surface area contributed by atoms with Crippen molar-refractivity contribution in [2.24, 2.45) is 11.3 Å². The van der Waals surface area contributed by atoms with Gasteiger partial charge in [0, 0.05) is 20.6 Å². The summed E-state index contributed by atoms with van der Waals surface area (Å²) in [5, 5.41) is 3.41. The molecule has 1 spiro atoms. The molecule has 1 N–H and O–H groups in total. The Morgan fingerprint density at radius 3 is 2.53 bits per heavy atom. The Hall–Kier alpha value is -1.39. The van der Waals surface area contributed by atoms with Crippen LogP contribution in [-0.4, -0.2) is 43.7 Å². The first-order chi connectivity index (χ1) is 14.4. The molecule has 2 heterocycles. The molecule has 30 heavy (non-hydrogen) atoms. The molecule has 1 aliphatic carbocycles. The molecule has 3 aliphatic rings. The van der Waals surface area contributed by atoms with Crippen LogP contribution in [0.4, 0.5) is 0 Å². The third-order valence-electron chi connectivity index (χ3n) is 7.72. The number of benzene rings is 1. The quantitative estimate of drug-likeness (QED) is 0.747. The van der Waals surface area contributed by atoms with Gasteiger partial charge in [-0.15, -0.1) is 0 Å². The van der Waals surface area contributed by atoms with E-state index in [4.69, 9.17) is 4.74 Å². The van der Waals surface area contributed by atoms with E-state index in [2.05, 4.69) is 55.3 Å². The molecule has 4 heteroatoms. The summed E-state index contributed by atoms with van der Waals surface area (Å²) in [6.07, 6.45) is 7.72. The first kappa shape index (κ1) is 21.8. The molecule has 2 saturated heterocycles. The number of likely N-dealkylation sites (tertiary alicyclic amines) is 1. The van der Waals surface area contributed by atoms with Crippen LogP contribution in [0.25, 0.3) is 0 Å². The Balaban J connectivity index is 0.00000272. The molecule has 0 saturated carbocycles. The van der Waals surface area contributed by atoms with Crippen LogP contribution in [-0.2, 0) is 14.9 Å². The Kier molecular flexibility index (Phi) is 6.55. The molecule has 4 nitrogen and oxygen atoms in total. The molecule has 0 bridgehead atoms. The van der Waals surface area contributed by atoms with E-state index in [1.165, 1.54) is 56.4 Å². The number of piperidine rings is 1. The molecule has 1 amide bonds. The highest BCUT2D eigenvalue weighted by Gasteiger charge is 2.42. The lowest BCUT2D eigenvalue weighted by molar-refractivity contribution is -0.128. The molecule has 1 aromatic carbocycles. The number of nitrogens with one attached hydrogen (secondary N) is 1. The standard InChI is InChI=1S/C26H40N2O2.H2/c1-25(2,3)12-15-28-16-13-26(14-17-28)11-8-23(21-6-4-5-7-22(21)26)27-24(29)20-9-18-30-19-10-20;/h4-7,20,23H,8-19H2,1-3H3,(H,27,29);1H/t23-;/m0./s1. The zero-order valence-corrected chi connectivity index (χ0v) is 19.2. The van der Waals surface area contributed by atoms with Gasteiger partial charge in [-0.05, 0) is 86.5 Å². The van der Waals surface area contributed by atoms with E-state index < -0.39 is 0 Å². The van der Waals surface area contributed by atoms with E-state index in [0.717, 1.165) is 19.3 Å². The van der Waals surface area contributed by atoms with Gasteiger partial charge in [0.25, 0.3) is 0 Å². The number of fused-ring (bicyclic) bond motifs is 2. The molecule has 2 aliphatic heterocycles. The van der Waals surface area contributed by atoms with Gasteiger partial charge in [-0.2, -0.15) is 0 Å². The van der Waals surface area contributed by atoms with Crippen molar-refractivity contribution in [1.29, 1.82) is 0 Å². The lowest BCUT2D eigenvalue weighted by atomic mass is 9.63. The summed E-state index contributed by atoms with van der Waals surface area (Å²) in [6.45, 7) is 12.1. The zero-order chi connectivity index (χ0) is 21.2. The fraction of sp³-hybridized carbons (Fsp3) is 0.731. The molecule has 168 valence electrons. The summed E-state index contributed by atoms with van der Waals surface area (Å²) in [5.74, 6) is 0.346. The van der Waals surface area contributed by atoms with E-state index >= 15 is 0 Å². The van der Waals surface area contributed by atoms with Crippen molar-refractivity contribution >= 4 is 5.91 Å². The summed E-state index contributed by atoms with van der Waals surface area (Å²) < 4.78 is 5.43. The van der Waals surface area contributed by atoms with Crippen molar-refractivity contribution < 1.29 is 11.0 Å². The normalized spacial score (nSPS) is 25.1. The van der Waals surface area contributed by atoms with E-state index in [-0.39, 0.29) is 19.3 Å². The molecular weight excluding hydrogens is 372 g/mol. The van der Waals surface area contributed by atoms with Crippen LogP contribution in [0.15, 0.2) is 24.3 Å². The fourth-order valence-electron chi connectivity index (χ4n) is 5.61. The monoisotopic (exact) mass is 414 g/mol. The number of carbonyl (C=O) groups is 1. The number of hydrogen-bond donors (Lipinski definition) is 1. The van der Waals surface area contributed by atoms with Gasteiger partial charge in [0.1, 0.15) is 0 Å². The molecule has 0 aromatic heterocycles. The lowest BCUT2D eigenvalue weighted by Gasteiger charge is -2.47. The molecule has 4 rings (SSSR count). The van der Waals surface area contributed by atoms with E-state index in [0.29, 0.717) is 24.0 Å². The minimum absolute atomic E-state index is 0. The summed E-state index contributed by atoms with van der Waals surface area (Å²) in [7, 11) is 0. The largest absolute Gasteiger partial charge is 0.381 e. The Morgan fingerprint density at radius 1 is 1.13 bits per heavy atom. The van der Waals surface area contributed by atoms with Crippen LogP contribution in [0.1, 0.15) is 84.3 Å². The number of hydrogen-bond acceptors (Lipinski definition) is 3. The van der Waals surface area contributed by atoms with E-state index in [1.54, 1.807) is 0 Å². The van der Waals surface area contributed by atoms with Crippen LogP contribution < -0.4 is 5.32 Å². The molecular formula is C26H42N2O2. The minimum Gasteiger partial charge on any atom is -0.381 e. The zero-order valence-electron chi connectivity index (χ0n) is 19.2. The highest BCUT2D eigenvalue weighted by atomic mass is 16.5. The van der Waals surface area contributed by atoms with Gasteiger partial charge in [-0.1, -0.05) is 45.0 Å². The molecule has 2 fully saturated rings. The van der Waals surface area contributed by atoms with Gasteiger partial charge in [-0.3, -0.25) is 4.79 Å². The molecule has 1 atom stereocenters. The van der Waals surface area contributed by atoms with Gasteiger partial charge in [0.05, 0.1) is 6.04 Å². The van der Waals surface area contributed by atoms with Crippen molar-refractivity contribution in [3.8, 4) is 0 Å². The SMILES string of the molecule is CC(C)(C)CCN1CCC2(CC[C@H](NC(=O)C3CCOCC3)c3ccccc32)CC1.[HH]. The fourth-order valence-corrected chi connectivity index (χ4v) is 5.61. The van der Waals surface area contributed by atoms with Crippen molar-refractivity contribution in [2.75, 3.05) is 32.8 Å². The van der Waals surface area contributed by atoms with Crippen LogP contribution in [0, 0.1) is 11.3 Å². The highest BCUT2D eigenvalue weighted by Crippen LogP contribution is 2.48. The van der Waals surface area contributed by atoms with Gasteiger partial charge in [0.15, 0.2) is 0 Å². The maximum Gasteiger partial charge on any atom is 0.223 e. The maximum absolute atomic E-state index is 12.9. The van der Waals surface area contributed by atoms with Gasteiger partial charge in [-0.25, -0.2) is 0 Å². The topological polar surface area (TPSA) is 41.6 Å². The second-order valence-corrected chi connectivity index (χ2v) is 11.0. The smallest absolute Gasteiger partial charge is 0.223 e. The third-order valence-corrected chi connectivity index (χ3v) is 7.72. The van der Waals surface area contributed by atoms with Crippen molar-refractivity contribution in [1.82, 2.24) is 10.2 Å². The lowest BCUT2D eigenvalue weighted by Crippen LogP contribution is -2.47. The van der Waals surface area contributed by atoms with E-state index in [9.17, 15) is 4.79 Å². The average molecular weight is 415 g/mol. The first-order valence-electron chi connectivity index (χ1n) is 12.1. The summed E-state index contributed by atoms with van der Waals surface area (Å²) in [5.41, 5.74) is 3.58. The summed E-state index contributed by atoms with van der Waals surface area (Å²) >= 11 is 0. The molecule has 0 radical (unpaired) electrons. The Labute approximate surface area is 184 Å². The third kappa shape index (κ3) is 4.91.